The Morgan fingerprint density at radius 1 is 0.762 bits per heavy atom. The van der Waals surface area contributed by atoms with Gasteiger partial charge in [0.1, 0.15) is 0 Å². The van der Waals surface area contributed by atoms with Crippen molar-refractivity contribution in [2.45, 2.75) is 104 Å². The molecule has 0 aromatic carbocycles. The molecule has 0 spiro atoms. The van der Waals surface area contributed by atoms with Gasteiger partial charge in [0, 0.05) is 5.57 Å². The smallest absolute Gasteiger partial charge is 0.331 e. The second-order valence-electron chi connectivity index (χ2n) is 6.11. The maximum absolute atomic E-state index is 11.2. The van der Waals surface area contributed by atoms with Crippen LogP contribution in [-0.2, 0) is 4.79 Å². The third-order valence-corrected chi connectivity index (χ3v) is 4.02. The predicted molar refractivity (Wildman–Crippen MR) is 91.7 cm³/mol. The number of allylic oxidation sites excluding steroid dienone is 1. The molecule has 0 bridgehead atoms. The van der Waals surface area contributed by atoms with Crippen molar-refractivity contribution in [3.8, 4) is 0 Å². The van der Waals surface area contributed by atoms with Crippen LogP contribution in [0.2, 0.25) is 0 Å². The highest BCUT2D eigenvalue weighted by Crippen LogP contribution is 2.14. The maximum atomic E-state index is 11.2. The molecular formula is C19H36O2. The van der Waals surface area contributed by atoms with Gasteiger partial charge >= 0.3 is 5.97 Å². The molecule has 0 aromatic rings. The lowest BCUT2D eigenvalue weighted by Crippen LogP contribution is -2.00. The number of rotatable bonds is 15. The lowest BCUT2D eigenvalue weighted by Gasteiger charge is -2.04. The highest BCUT2D eigenvalue weighted by molar-refractivity contribution is 5.86. The van der Waals surface area contributed by atoms with Crippen molar-refractivity contribution in [2.75, 3.05) is 0 Å². The Hall–Kier alpha value is -0.790. The zero-order chi connectivity index (χ0) is 15.8. The van der Waals surface area contributed by atoms with Gasteiger partial charge in [0.2, 0.25) is 0 Å². The van der Waals surface area contributed by atoms with E-state index in [1.165, 1.54) is 64.2 Å². The molecule has 0 saturated carbocycles. The average molecular weight is 296 g/mol. The van der Waals surface area contributed by atoms with Gasteiger partial charge in [-0.3, -0.25) is 0 Å². The lowest BCUT2D eigenvalue weighted by atomic mass is 10.0. The van der Waals surface area contributed by atoms with E-state index in [1.54, 1.807) is 0 Å². The van der Waals surface area contributed by atoms with Crippen molar-refractivity contribution in [1.82, 2.24) is 0 Å². The van der Waals surface area contributed by atoms with Crippen LogP contribution in [0.4, 0.5) is 0 Å². The number of carboxylic acid groups (broad SMARTS) is 1. The summed E-state index contributed by atoms with van der Waals surface area (Å²) in [4.78, 5) is 11.2. The van der Waals surface area contributed by atoms with E-state index in [0.717, 1.165) is 25.7 Å². The number of aliphatic carboxylic acids is 1. The number of carbonyl (C=O) groups is 1. The van der Waals surface area contributed by atoms with Crippen molar-refractivity contribution >= 4 is 5.97 Å². The number of hydrogen-bond acceptors (Lipinski definition) is 1. The zero-order valence-electron chi connectivity index (χ0n) is 14.3. The van der Waals surface area contributed by atoms with E-state index in [-0.39, 0.29) is 0 Å². The Bertz CT molecular complexity index is 269. The molecule has 0 aliphatic rings. The van der Waals surface area contributed by atoms with Crippen LogP contribution in [0.5, 0.6) is 0 Å². The van der Waals surface area contributed by atoms with Gasteiger partial charge in [-0.25, -0.2) is 4.79 Å². The fourth-order valence-corrected chi connectivity index (χ4v) is 2.59. The molecule has 0 atom stereocenters. The van der Waals surface area contributed by atoms with Gasteiger partial charge in [0.25, 0.3) is 0 Å². The van der Waals surface area contributed by atoms with Gasteiger partial charge < -0.3 is 5.11 Å². The topological polar surface area (TPSA) is 37.3 Å². The Morgan fingerprint density at radius 2 is 1.24 bits per heavy atom. The van der Waals surface area contributed by atoms with Crippen molar-refractivity contribution < 1.29 is 9.90 Å². The fraction of sp³-hybridized carbons (Fsp3) is 0.842. The molecule has 0 aliphatic carbocycles. The zero-order valence-corrected chi connectivity index (χ0v) is 14.3. The third-order valence-electron chi connectivity index (χ3n) is 4.02. The van der Waals surface area contributed by atoms with Crippen LogP contribution in [0.15, 0.2) is 11.6 Å². The molecule has 0 amide bonds. The fourth-order valence-electron chi connectivity index (χ4n) is 2.59. The largest absolute Gasteiger partial charge is 0.478 e. The monoisotopic (exact) mass is 296 g/mol. The summed E-state index contributed by atoms with van der Waals surface area (Å²) in [5, 5.41) is 9.21. The van der Waals surface area contributed by atoms with Gasteiger partial charge in [-0.2, -0.15) is 0 Å². The normalized spacial score (nSPS) is 11.8. The van der Waals surface area contributed by atoms with E-state index in [9.17, 15) is 9.90 Å². The molecule has 0 unspecified atom stereocenters. The van der Waals surface area contributed by atoms with Gasteiger partial charge in [-0.15, -0.1) is 0 Å². The quantitative estimate of drug-likeness (QED) is 0.277. The third kappa shape index (κ3) is 13.9. The summed E-state index contributed by atoms with van der Waals surface area (Å²) >= 11 is 0. The molecule has 0 rings (SSSR count). The van der Waals surface area contributed by atoms with E-state index in [0.29, 0.717) is 5.57 Å². The SMILES string of the molecule is CCCCCCC=C(CCCCCCCCCC)C(=O)O. The first-order valence-electron chi connectivity index (χ1n) is 9.14. The second kappa shape index (κ2) is 15.6. The van der Waals surface area contributed by atoms with Crippen molar-refractivity contribution in [3.05, 3.63) is 11.6 Å². The maximum Gasteiger partial charge on any atom is 0.331 e. The molecule has 1 N–H and O–H groups in total. The van der Waals surface area contributed by atoms with Crippen molar-refractivity contribution in [1.29, 1.82) is 0 Å². The van der Waals surface area contributed by atoms with Crippen LogP contribution >= 0.6 is 0 Å². The highest BCUT2D eigenvalue weighted by Gasteiger charge is 2.06. The van der Waals surface area contributed by atoms with Crippen LogP contribution in [-0.4, -0.2) is 11.1 Å². The first kappa shape index (κ1) is 20.2. The second-order valence-corrected chi connectivity index (χ2v) is 6.11. The molecule has 0 aliphatic heterocycles. The van der Waals surface area contributed by atoms with Crippen molar-refractivity contribution in [3.63, 3.8) is 0 Å². The Morgan fingerprint density at radius 3 is 1.76 bits per heavy atom. The van der Waals surface area contributed by atoms with E-state index >= 15 is 0 Å². The van der Waals surface area contributed by atoms with Crippen molar-refractivity contribution in [2.24, 2.45) is 0 Å². The Balaban J connectivity index is 3.65. The predicted octanol–water partition coefficient (Wildman–Crippen LogP) is 6.50. The molecular weight excluding hydrogens is 260 g/mol. The summed E-state index contributed by atoms with van der Waals surface area (Å²) in [6, 6.07) is 0. The Labute approximate surface area is 132 Å². The number of hydrogen-bond donors (Lipinski definition) is 1. The van der Waals surface area contributed by atoms with E-state index in [2.05, 4.69) is 13.8 Å². The summed E-state index contributed by atoms with van der Waals surface area (Å²) < 4.78 is 0. The van der Waals surface area contributed by atoms with Crippen LogP contribution in [0.3, 0.4) is 0 Å². The van der Waals surface area contributed by atoms with Gasteiger partial charge in [0.15, 0.2) is 0 Å². The highest BCUT2D eigenvalue weighted by atomic mass is 16.4. The van der Waals surface area contributed by atoms with E-state index in [1.807, 2.05) is 6.08 Å². The molecule has 2 nitrogen and oxygen atoms in total. The summed E-state index contributed by atoms with van der Waals surface area (Å²) in [7, 11) is 0. The number of carboxylic acids is 1. The summed E-state index contributed by atoms with van der Waals surface area (Å²) in [6.07, 6.45) is 18.6. The minimum atomic E-state index is -0.714. The molecule has 21 heavy (non-hydrogen) atoms. The van der Waals surface area contributed by atoms with E-state index < -0.39 is 5.97 Å². The average Bonchev–Trinajstić information content (AvgIpc) is 2.47. The van der Waals surface area contributed by atoms with Crippen LogP contribution < -0.4 is 0 Å². The number of unbranched alkanes of at least 4 members (excludes halogenated alkanes) is 11. The lowest BCUT2D eigenvalue weighted by molar-refractivity contribution is -0.132. The minimum absolute atomic E-state index is 0.637. The van der Waals surface area contributed by atoms with Crippen LogP contribution in [0.25, 0.3) is 0 Å². The molecule has 2 heteroatoms. The molecule has 0 radical (unpaired) electrons. The summed E-state index contributed by atoms with van der Waals surface area (Å²) in [6.45, 7) is 4.43. The van der Waals surface area contributed by atoms with Crippen LogP contribution in [0.1, 0.15) is 104 Å². The molecule has 0 saturated heterocycles. The van der Waals surface area contributed by atoms with Gasteiger partial charge in [-0.1, -0.05) is 84.1 Å². The van der Waals surface area contributed by atoms with Crippen LogP contribution in [0, 0.1) is 0 Å². The van der Waals surface area contributed by atoms with Gasteiger partial charge in [-0.05, 0) is 25.7 Å². The first-order valence-corrected chi connectivity index (χ1v) is 9.14. The minimum Gasteiger partial charge on any atom is -0.478 e. The molecule has 124 valence electrons. The van der Waals surface area contributed by atoms with E-state index in [4.69, 9.17) is 0 Å². The first-order chi connectivity index (χ1) is 10.2. The summed E-state index contributed by atoms with van der Waals surface area (Å²) in [5.41, 5.74) is 0.637. The Kier molecular flexibility index (Phi) is 15.0. The molecule has 0 heterocycles. The summed E-state index contributed by atoms with van der Waals surface area (Å²) in [5.74, 6) is -0.714. The molecule has 0 fully saturated rings. The molecule has 0 aromatic heterocycles. The standard InChI is InChI=1S/C19H36O2/c1-3-5-7-9-10-11-13-15-17-18(19(20)21)16-14-12-8-6-4-2/h16H,3-15,17H2,1-2H3,(H,20,21). The van der Waals surface area contributed by atoms with Gasteiger partial charge in [0.05, 0.1) is 0 Å².